The first-order chi connectivity index (χ1) is 20.0. The van der Waals surface area contributed by atoms with Gasteiger partial charge in [-0.15, -0.1) is 11.3 Å². The number of hydrogen-bond acceptors (Lipinski definition) is 10. The van der Waals surface area contributed by atoms with Crippen LogP contribution in [-0.2, 0) is 22.7 Å². The molecule has 1 aliphatic carbocycles. The van der Waals surface area contributed by atoms with Crippen LogP contribution in [0.2, 0.25) is 0 Å². The van der Waals surface area contributed by atoms with Gasteiger partial charge in [-0.1, -0.05) is 0 Å². The zero-order valence-corrected chi connectivity index (χ0v) is 22.9. The fourth-order valence-electron chi connectivity index (χ4n) is 6.70. The van der Waals surface area contributed by atoms with E-state index in [1.807, 2.05) is 6.07 Å². The smallest absolute Gasteiger partial charge is 0.317 e. The van der Waals surface area contributed by atoms with E-state index in [0.717, 1.165) is 55.7 Å². The first kappa shape index (κ1) is 25.2. The third-order valence-electron chi connectivity index (χ3n) is 9.10. The van der Waals surface area contributed by atoms with Crippen molar-refractivity contribution in [1.29, 1.82) is 5.26 Å². The average Bonchev–Trinajstić information content (AvgIpc) is 3.31. The monoisotopic (exact) mass is 576 g/mol. The van der Waals surface area contributed by atoms with Crippen LogP contribution in [0, 0.1) is 28.4 Å². The lowest BCUT2D eigenvalue weighted by molar-refractivity contribution is -0.0271. The highest BCUT2D eigenvalue weighted by Gasteiger charge is 2.49. The van der Waals surface area contributed by atoms with Crippen molar-refractivity contribution in [2.24, 2.45) is 5.41 Å². The minimum absolute atomic E-state index is 0.0438. The fourth-order valence-corrected chi connectivity index (χ4v) is 7.62. The van der Waals surface area contributed by atoms with Crippen LogP contribution >= 0.6 is 11.3 Å². The minimum atomic E-state index is -0.642. The van der Waals surface area contributed by atoms with Crippen LogP contribution in [-0.4, -0.2) is 58.3 Å². The summed E-state index contributed by atoms with van der Waals surface area (Å²) >= 11 is 0.946. The lowest BCUT2D eigenvalue weighted by Gasteiger charge is -2.37. The molecule has 12 heteroatoms. The van der Waals surface area contributed by atoms with Crippen molar-refractivity contribution in [3.8, 4) is 23.3 Å². The number of halogens is 2. The van der Waals surface area contributed by atoms with Crippen LogP contribution in [0.3, 0.4) is 0 Å². The number of hydrogen-bond donors (Lipinski definition) is 1. The average molecular weight is 577 g/mol. The number of rotatable bonds is 6. The molecule has 2 unspecified atom stereocenters. The highest BCUT2D eigenvalue weighted by Crippen LogP contribution is 2.49. The van der Waals surface area contributed by atoms with Gasteiger partial charge in [-0.2, -0.15) is 10.2 Å². The Bertz CT molecular complexity index is 1770. The standard InChI is InChI=1S/C29H26F2N6O3S/c30-20-7-34-25(22-16(5-32)27(33)41-26(20)22)21-19-11-39-10-18(19)17-6-35-28(36-24(17)23(21)31)40-13-29(3-4-29)12-37-14-1-2-15(37)9-38-8-14/h6-7,14-15H,1-4,8-13,33H2. The molecule has 2 bridgehead atoms. The molecule has 3 aliphatic heterocycles. The first-order valence-corrected chi connectivity index (χ1v) is 14.6. The Balaban J connectivity index is 1.17. The molecule has 3 fully saturated rings. The van der Waals surface area contributed by atoms with Gasteiger partial charge >= 0.3 is 6.01 Å². The number of nitrogens with zero attached hydrogens (tertiary/aromatic N) is 5. The molecule has 6 heterocycles. The third kappa shape index (κ3) is 3.90. The predicted molar refractivity (Wildman–Crippen MR) is 147 cm³/mol. The van der Waals surface area contributed by atoms with Crippen LogP contribution in [0.1, 0.15) is 42.4 Å². The number of fused-ring (bicyclic) bond motifs is 6. The van der Waals surface area contributed by atoms with Crippen LogP contribution < -0.4 is 10.5 Å². The molecular weight excluding hydrogens is 550 g/mol. The second-order valence-corrected chi connectivity index (χ2v) is 12.6. The maximum atomic E-state index is 16.5. The van der Waals surface area contributed by atoms with Crippen LogP contribution in [0.4, 0.5) is 13.8 Å². The van der Waals surface area contributed by atoms with Gasteiger partial charge in [0, 0.05) is 46.6 Å². The van der Waals surface area contributed by atoms with Crippen LogP contribution in [0.5, 0.6) is 6.01 Å². The summed E-state index contributed by atoms with van der Waals surface area (Å²) in [5, 5.41) is 10.6. The summed E-state index contributed by atoms with van der Waals surface area (Å²) in [5.41, 5.74) is 7.83. The first-order valence-electron chi connectivity index (χ1n) is 13.8. The van der Waals surface area contributed by atoms with E-state index in [2.05, 4.69) is 19.9 Å². The molecule has 3 aromatic heterocycles. The number of pyridine rings is 1. The molecule has 9 nitrogen and oxygen atoms in total. The summed E-state index contributed by atoms with van der Waals surface area (Å²) in [6.45, 7) is 3.39. The fraction of sp³-hybridized carbons (Fsp3) is 0.448. The molecule has 41 heavy (non-hydrogen) atoms. The molecule has 8 rings (SSSR count). The molecular formula is C29H26F2N6O3S. The van der Waals surface area contributed by atoms with Crippen molar-refractivity contribution in [3.05, 3.63) is 40.7 Å². The van der Waals surface area contributed by atoms with E-state index in [4.69, 9.17) is 19.9 Å². The molecule has 1 aromatic carbocycles. The van der Waals surface area contributed by atoms with Crippen molar-refractivity contribution in [2.75, 3.05) is 32.1 Å². The van der Waals surface area contributed by atoms with Gasteiger partial charge in [0.15, 0.2) is 11.6 Å². The molecule has 2 atom stereocenters. The quantitative estimate of drug-likeness (QED) is 0.349. The molecule has 2 N–H and O–H groups in total. The van der Waals surface area contributed by atoms with Crippen LogP contribution in [0.15, 0.2) is 12.4 Å². The van der Waals surface area contributed by atoms with E-state index in [0.29, 0.717) is 29.6 Å². The normalized spacial score (nSPS) is 22.8. The van der Waals surface area contributed by atoms with Gasteiger partial charge in [-0.3, -0.25) is 9.88 Å². The number of anilines is 1. The number of nitrogens with two attached hydrogens (primary N) is 1. The summed E-state index contributed by atoms with van der Waals surface area (Å²) in [4.78, 5) is 15.8. The van der Waals surface area contributed by atoms with Gasteiger partial charge in [0.1, 0.15) is 16.6 Å². The Hall–Kier alpha value is -3.50. The topological polar surface area (TPSA) is 119 Å². The molecule has 210 valence electrons. The van der Waals surface area contributed by atoms with E-state index in [-0.39, 0.29) is 62.1 Å². The maximum absolute atomic E-state index is 16.5. The third-order valence-corrected chi connectivity index (χ3v) is 10.1. The van der Waals surface area contributed by atoms with E-state index in [9.17, 15) is 9.65 Å². The molecule has 4 aromatic rings. The van der Waals surface area contributed by atoms with Crippen molar-refractivity contribution in [1.82, 2.24) is 19.9 Å². The largest absolute Gasteiger partial charge is 0.463 e. The zero-order valence-electron chi connectivity index (χ0n) is 22.1. The van der Waals surface area contributed by atoms with Gasteiger partial charge in [0.05, 0.1) is 55.2 Å². The number of nitriles is 1. The SMILES string of the molecule is N#Cc1c(N)sc2c(F)cnc(-c3c4c(c5cnc(OCC6(CN7C8CCC7COC8)CC6)nc5c3F)COC4)c12. The van der Waals surface area contributed by atoms with E-state index >= 15 is 4.39 Å². The van der Waals surface area contributed by atoms with Crippen LogP contribution in [0.25, 0.3) is 32.2 Å². The van der Waals surface area contributed by atoms with Gasteiger partial charge in [0.2, 0.25) is 0 Å². The van der Waals surface area contributed by atoms with E-state index < -0.39 is 11.6 Å². The van der Waals surface area contributed by atoms with Gasteiger partial charge in [-0.05, 0) is 36.8 Å². The Morgan fingerprint density at radius 3 is 2.66 bits per heavy atom. The highest BCUT2D eigenvalue weighted by molar-refractivity contribution is 7.23. The second-order valence-electron chi connectivity index (χ2n) is 11.5. The zero-order chi connectivity index (χ0) is 27.9. The number of ether oxygens (including phenoxy) is 3. The lowest BCUT2D eigenvalue weighted by atomic mass is 9.94. The predicted octanol–water partition coefficient (Wildman–Crippen LogP) is 4.69. The van der Waals surface area contributed by atoms with Gasteiger partial charge < -0.3 is 19.9 Å². The lowest BCUT2D eigenvalue weighted by Crippen LogP contribution is -2.49. The number of benzene rings is 1. The van der Waals surface area contributed by atoms with E-state index in [1.54, 1.807) is 6.20 Å². The summed E-state index contributed by atoms with van der Waals surface area (Å²) in [7, 11) is 0. The number of nitrogen functional groups attached to an aromatic ring is 1. The van der Waals surface area contributed by atoms with Crippen molar-refractivity contribution in [2.45, 2.75) is 51.0 Å². The van der Waals surface area contributed by atoms with Gasteiger partial charge in [-0.25, -0.2) is 13.8 Å². The number of aromatic nitrogens is 3. The molecule has 0 radical (unpaired) electrons. The van der Waals surface area contributed by atoms with Crippen molar-refractivity contribution >= 4 is 37.3 Å². The number of thiophene rings is 1. The maximum Gasteiger partial charge on any atom is 0.317 e. The molecule has 2 saturated heterocycles. The highest BCUT2D eigenvalue weighted by atomic mass is 32.1. The summed E-state index contributed by atoms with van der Waals surface area (Å²) in [5.74, 6) is -1.26. The summed E-state index contributed by atoms with van der Waals surface area (Å²) < 4.78 is 48.9. The summed E-state index contributed by atoms with van der Waals surface area (Å²) in [6, 6.07) is 3.09. The van der Waals surface area contributed by atoms with Crippen molar-refractivity contribution < 1.29 is 23.0 Å². The Morgan fingerprint density at radius 1 is 1.12 bits per heavy atom. The Labute approximate surface area is 237 Å². The number of morpholine rings is 1. The molecule has 1 saturated carbocycles. The van der Waals surface area contributed by atoms with E-state index in [1.165, 1.54) is 12.8 Å². The second kappa shape index (κ2) is 9.25. The molecule has 0 amide bonds. The minimum Gasteiger partial charge on any atom is -0.463 e. The Kier molecular flexibility index (Phi) is 5.69. The Morgan fingerprint density at radius 2 is 1.90 bits per heavy atom. The van der Waals surface area contributed by atoms with Crippen molar-refractivity contribution in [3.63, 3.8) is 0 Å². The van der Waals surface area contributed by atoms with Gasteiger partial charge in [0.25, 0.3) is 0 Å². The molecule has 0 spiro atoms. The molecule has 4 aliphatic rings. The summed E-state index contributed by atoms with van der Waals surface area (Å²) in [6.07, 6.45) is 7.10.